The van der Waals surface area contributed by atoms with Gasteiger partial charge in [0.25, 0.3) is 0 Å². The summed E-state index contributed by atoms with van der Waals surface area (Å²) in [5.74, 6) is 0. The lowest BCUT2D eigenvalue weighted by molar-refractivity contribution is 0.230. The molecule has 15 heavy (non-hydrogen) atoms. The topological polar surface area (TPSA) is 32.3 Å². The highest BCUT2D eigenvalue weighted by atomic mass is 79.9. The molecule has 0 saturated carbocycles. The minimum Gasteiger partial charge on any atom is -0.395 e. The number of aliphatic hydroxyl groups excluding tert-OH is 1. The smallest absolute Gasteiger partial charge is 0.0584 e. The van der Waals surface area contributed by atoms with Gasteiger partial charge in [-0.05, 0) is 31.0 Å². The highest BCUT2D eigenvalue weighted by molar-refractivity contribution is 9.10. The quantitative estimate of drug-likeness (QED) is 0.863. The molecule has 0 radical (unpaired) electrons. The van der Waals surface area contributed by atoms with E-state index in [4.69, 9.17) is 5.11 Å². The number of hydrogen-bond acceptors (Lipinski definition) is 2. The lowest BCUT2D eigenvalue weighted by atomic mass is 10.1. The summed E-state index contributed by atoms with van der Waals surface area (Å²) >= 11 is 3.45. The molecule has 0 aliphatic rings. The molecule has 0 aliphatic carbocycles. The van der Waals surface area contributed by atoms with Crippen molar-refractivity contribution in [3.63, 3.8) is 0 Å². The van der Waals surface area contributed by atoms with E-state index in [2.05, 4.69) is 47.2 Å². The third-order valence-electron chi connectivity index (χ3n) is 2.55. The molecule has 2 nitrogen and oxygen atoms in total. The molecule has 84 valence electrons. The second-order valence-corrected chi connectivity index (χ2v) is 4.65. The second kappa shape index (κ2) is 6.26. The Hall–Kier alpha value is -0.380. The average molecular weight is 272 g/mol. The van der Waals surface area contributed by atoms with E-state index in [0.717, 1.165) is 10.9 Å². The first-order valence-corrected chi connectivity index (χ1v) is 6.09. The molecule has 0 aliphatic heterocycles. The van der Waals surface area contributed by atoms with Gasteiger partial charge in [0.15, 0.2) is 0 Å². The van der Waals surface area contributed by atoms with E-state index in [1.807, 2.05) is 12.1 Å². The lowest BCUT2D eigenvalue weighted by Gasteiger charge is -2.20. The Kier molecular flexibility index (Phi) is 5.29. The molecule has 2 N–H and O–H groups in total. The van der Waals surface area contributed by atoms with Crippen molar-refractivity contribution in [3.05, 3.63) is 34.3 Å². The van der Waals surface area contributed by atoms with Crippen molar-refractivity contribution in [2.45, 2.75) is 32.4 Å². The number of aliphatic hydroxyl groups is 1. The van der Waals surface area contributed by atoms with Crippen LogP contribution in [-0.2, 0) is 0 Å². The van der Waals surface area contributed by atoms with Gasteiger partial charge in [0, 0.05) is 16.6 Å². The summed E-state index contributed by atoms with van der Waals surface area (Å²) in [7, 11) is 0. The Balaban J connectivity index is 2.64. The molecule has 1 aromatic rings. The van der Waals surface area contributed by atoms with Gasteiger partial charge in [-0.1, -0.05) is 35.0 Å². The van der Waals surface area contributed by atoms with E-state index >= 15 is 0 Å². The highest BCUT2D eigenvalue weighted by Crippen LogP contribution is 2.18. The maximum Gasteiger partial charge on any atom is 0.0584 e. The number of rotatable bonds is 5. The van der Waals surface area contributed by atoms with E-state index < -0.39 is 0 Å². The predicted octanol–water partition coefficient (Wildman–Crippen LogP) is 2.87. The van der Waals surface area contributed by atoms with E-state index in [-0.39, 0.29) is 18.7 Å². The van der Waals surface area contributed by atoms with Gasteiger partial charge in [0.2, 0.25) is 0 Å². The van der Waals surface area contributed by atoms with Crippen molar-refractivity contribution >= 4 is 15.9 Å². The van der Waals surface area contributed by atoms with Crippen LogP contribution in [0.15, 0.2) is 28.7 Å². The number of halogens is 1. The first kappa shape index (κ1) is 12.7. The maximum atomic E-state index is 9.10. The third-order valence-corrected chi connectivity index (χ3v) is 3.04. The first-order chi connectivity index (χ1) is 7.17. The van der Waals surface area contributed by atoms with E-state index in [1.165, 1.54) is 5.56 Å². The van der Waals surface area contributed by atoms with Gasteiger partial charge in [0.05, 0.1) is 6.61 Å². The van der Waals surface area contributed by atoms with Crippen molar-refractivity contribution in [2.75, 3.05) is 6.61 Å². The van der Waals surface area contributed by atoms with Crippen molar-refractivity contribution < 1.29 is 5.11 Å². The molecule has 2 atom stereocenters. The Labute approximate surface area is 99.8 Å². The normalized spacial score (nSPS) is 14.9. The van der Waals surface area contributed by atoms with E-state index in [9.17, 15) is 0 Å². The Morgan fingerprint density at radius 1 is 1.47 bits per heavy atom. The van der Waals surface area contributed by atoms with Crippen molar-refractivity contribution in [1.82, 2.24) is 5.32 Å². The molecule has 0 heterocycles. The molecule has 2 unspecified atom stereocenters. The van der Waals surface area contributed by atoms with Crippen LogP contribution < -0.4 is 5.32 Å². The number of nitrogens with one attached hydrogen (secondary N) is 1. The van der Waals surface area contributed by atoms with Crippen LogP contribution in [0.3, 0.4) is 0 Å². The van der Waals surface area contributed by atoms with E-state index in [1.54, 1.807) is 0 Å². The SMILES string of the molecule is CCC(CO)NC(C)c1cccc(Br)c1. The summed E-state index contributed by atoms with van der Waals surface area (Å²) in [5.41, 5.74) is 1.23. The maximum absolute atomic E-state index is 9.10. The molecule has 1 aromatic carbocycles. The molecule has 1 rings (SSSR count). The van der Waals surface area contributed by atoms with Crippen LogP contribution in [0, 0.1) is 0 Å². The summed E-state index contributed by atoms with van der Waals surface area (Å²) in [4.78, 5) is 0. The third kappa shape index (κ3) is 3.93. The van der Waals surface area contributed by atoms with Crippen LogP contribution in [0.5, 0.6) is 0 Å². The number of benzene rings is 1. The molecule has 0 amide bonds. The van der Waals surface area contributed by atoms with Gasteiger partial charge in [-0.15, -0.1) is 0 Å². The predicted molar refractivity (Wildman–Crippen MR) is 66.9 cm³/mol. The Bertz CT molecular complexity index is 299. The first-order valence-electron chi connectivity index (χ1n) is 5.29. The van der Waals surface area contributed by atoms with Crippen LogP contribution in [0.4, 0.5) is 0 Å². The summed E-state index contributed by atoms with van der Waals surface area (Å²) in [6.07, 6.45) is 0.939. The summed E-state index contributed by atoms with van der Waals surface area (Å²) in [6.45, 7) is 4.37. The lowest BCUT2D eigenvalue weighted by Crippen LogP contribution is -2.33. The molecule has 0 saturated heterocycles. The van der Waals surface area contributed by atoms with Crippen LogP contribution in [0.2, 0.25) is 0 Å². The molecule has 0 spiro atoms. The van der Waals surface area contributed by atoms with Crippen LogP contribution in [0.25, 0.3) is 0 Å². The van der Waals surface area contributed by atoms with Crippen molar-refractivity contribution in [1.29, 1.82) is 0 Å². The standard InChI is InChI=1S/C12H18BrNO/c1-3-12(8-15)14-9(2)10-5-4-6-11(13)7-10/h4-7,9,12,14-15H,3,8H2,1-2H3. The van der Waals surface area contributed by atoms with Crippen molar-refractivity contribution in [3.8, 4) is 0 Å². The summed E-state index contributed by atoms with van der Waals surface area (Å²) < 4.78 is 1.09. The number of hydrogen-bond donors (Lipinski definition) is 2. The summed E-state index contributed by atoms with van der Waals surface area (Å²) in [5, 5.41) is 12.5. The average Bonchev–Trinajstić information content (AvgIpc) is 2.25. The van der Waals surface area contributed by atoms with Crippen LogP contribution >= 0.6 is 15.9 Å². The minimum atomic E-state index is 0.180. The highest BCUT2D eigenvalue weighted by Gasteiger charge is 2.10. The van der Waals surface area contributed by atoms with Gasteiger partial charge >= 0.3 is 0 Å². The fraction of sp³-hybridized carbons (Fsp3) is 0.500. The molecule has 0 fully saturated rings. The molecule has 3 heteroatoms. The fourth-order valence-electron chi connectivity index (χ4n) is 1.53. The van der Waals surface area contributed by atoms with Gasteiger partial charge in [-0.3, -0.25) is 0 Å². The largest absolute Gasteiger partial charge is 0.395 e. The van der Waals surface area contributed by atoms with E-state index in [0.29, 0.717) is 0 Å². The molecule has 0 aromatic heterocycles. The monoisotopic (exact) mass is 271 g/mol. The van der Waals surface area contributed by atoms with Crippen molar-refractivity contribution in [2.24, 2.45) is 0 Å². The zero-order chi connectivity index (χ0) is 11.3. The summed E-state index contributed by atoms with van der Waals surface area (Å²) in [6, 6.07) is 8.67. The fourth-order valence-corrected chi connectivity index (χ4v) is 1.94. The Morgan fingerprint density at radius 2 is 2.20 bits per heavy atom. The van der Waals surface area contributed by atoms with Gasteiger partial charge in [-0.25, -0.2) is 0 Å². The Morgan fingerprint density at radius 3 is 2.73 bits per heavy atom. The van der Waals surface area contributed by atoms with Gasteiger partial charge in [0.1, 0.15) is 0 Å². The molecular weight excluding hydrogens is 254 g/mol. The molecular formula is C12H18BrNO. The van der Waals surface area contributed by atoms with Crippen LogP contribution in [0.1, 0.15) is 31.9 Å². The molecule has 0 bridgehead atoms. The zero-order valence-electron chi connectivity index (χ0n) is 9.20. The van der Waals surface area contributed by atoms with Gasteiger partial charge < -0.3 is 10.4 Å². The second-order valence-electron chi connectivity index (χ2n) is 3.73. The zero-order valence-corrected chi connectivity index (χ0v) is 10.8. The van der Waals surface area contributed by atoms with Gasteiger partial charge in [-0.2, -0.15) is 0 Å². The van der Waals surface area contributed by atoms with Crippen LogP contribution in [-0.4, -0.2) is 17.8 Å². The minimum absolute atomic E-state index is 0.180.